The van der Waals surface area contributed by atoms with Gasteiger partial charge in [-0.1, -0.05) is 0 Å². The standard InChI is InChI=1S/C19H19FN6O/c1-24(2)9-3-10-25-11-8-15-16(18(25)27)17(13-4-6-14(20)7-5-13)26-19(23-15)21-12-22-26/h4-8,11-12H,3,9-10H2,1-2H3. The summed E-state index contributed by atoms with van der Waals surface area (Å²) in [5.41, 5.74) is 1.65. The number of benzene rings is 1. The summed E-state index contributed by atoms with van der Waals surface area (Å²) in [6.07, 6.45) is 4.00. The third-order valence-corrected chi connectivity index (χ3v) is 4.46. The zero-order valence-electron chi connectivity index (χ0n) is 15.1. The summed E-state index contributed by atoms with van der Waals surface area (Å²) in [6, 6.07) is 7.81. The largest absolute Gasteiger partial charge is 0.315 e. The lowest BCUT2D eigenvalue weighted by Gasteiger charge is -2.13. The number of pyridine rings is 1. The highest BCUT2D eigenvalue weighted by molar-refractivity contribution is 5.93. The lowest BCUT2D eigenvalue weighted by molar-refractivity contribution is 0.385. The molecule has 4 rings (SSSR count). The van der Waals surface area contributed by atoms with Crippen LogP contribution in [-0.2, 0) is 6.54 Å². The van der Waals surface area contributed by atoms with Gasteiger partial charge in [0.05, 0.1) is 16.6 Å². The lowest BCUT2D eigenvalue weighted by Crippen LogP contribution is -2.23. The highest BCUT2D eigenvalue weighted by Crippen LogP contribution is 2.26. The van der Waals surface area contributed by atoms with E-state index in [9.17, 15) is 9.18 Å². The predicted octanol–water partition coefficient (Wildman–Crippen LogP) is 2.20. The van der Waals surface area contributed by atoms with Crippen molar-refractivity contribution >= 4 is 16.7 Å². The quantitative estimate of drug-likeness (QED) is 0.542. The second kappa shape index (κ2) is 6.88. The molecule has 8 heteroatoms. The molecule has 3 aromatic heterocycles. The number of hydrogen-bond acceptors (Lipinski definition) is 5. The van der Waals surface area contributed by atoms with Gasteiger partial charge in [0.15, 0.2) is 0 Å². The Balaban J connectivity index is 1.95. The van der Waals surface area contributed by atoms with Crippen LogP contribution < -0.4 is 5.56 Å². The molecule has 3 heterocycles. The van der Waals surface area contributed by atoms with E-state index in [1.807, 2.05) is 20.2 Å². The fraction of sp³-hybridized carbons (Fsp3) is 0.263. The molecule has 0 bridgehead atoms. The lowest BCUT2D eigenvalue weighted by atomic mass is 10.1. The zero-order chi connectivity index (χ0) is 19.0. The minimum absolute atomic E-state index is 0.143. The molecular formula is C19H19FN6O. The summed E-state index contributed by atoms with van der Waals surface area (Å²) in [4.78, 5) is 23.9. The van der Waals surface area contributed by atoms with Crippen molar-refractivity contribution in [2.75, 3.05) is 20.6 Å². The third-order valence-electron chi connectivity index (χ3n) is 4.46. The fourth-order valence-electron chi connectivity index (χ4n) is 3.17. The smallest absolute Gasteiger partial charge is 0.262 e. The second-order valence-electron chi connectivity index (χ2n) is 6.67. The topological polar surface area (TPSA) is 68.3 Å². The van der Waals surface area contributed by atoms with Crippen molar-refractivity contribution in [2.45, 2.75) is 13.0 Å². The number of fused-ring (bicyclic) bond motifs is 2. The number of aryl methyl sites for hydroxylation is 1. The van der Waals surface area contributed by atoms with Crippen LogP contribution >= 0.6 is 0 Å². The second-order valence-corrected chi connectivity index (χ2v) is 6.67. The van der Waals surface area contributed by atoms with E-state index in [1.54, 1.807) is 22.9 Å². The Morgan fingerprint density at radius 2 is 1.93 bits per heavy atom. The monoisotopic (exact) mass is 366 g/mol. The summed E-state index contributed by atoms with van der Waals surface area (Å²) in [5.74, 6) is 0.0552. The van der Waals surface area contributed by atoms with Gasteiger partial charge in [-0.3, -0.25) is 4.79 Å². The first-order valence-electron chi connectivity index (χ1n) is 8.68. The van der Waals surface area contributed by atoms with Crippen LogP contribution in [0, 0.1) is 5.82 Å². The molecule has 0 atom stereocenters. The van der Waals surface area contributed by atoms with Crippen LogP contribution in [-0.4, -0.2) is 49.7 Å². The van der Waals surface area contributed by atoms with Crippen molar-refractivity contribution in [3.05, 3.63) is 59.0 Å². The van der Waals surface area contributed by atoms with Crippen molar-refractivity contribution < 1.29 is 4.39 Å². The molecule has 0 fully saturated rings. The molecule has 0 aliphatic carbocycles. The minimum Gasteiger partial charge on any atom is -0.315 e. The van der Waals surface area contributed by atoms with Gasteiger partial charge < -0.3 is 9.47 Å². The Labute approximate surface area is 154 Å². The third kappa shape index (κ3) is 3.19. The van der Waals surface area contributed by atoms with Gasteiger partial charge in [0.1, 0.15) is 12.1 Å². The molecule has 1 aromatic carbocycles. The van der Waals surface area contributed by atoms with E-state index in [2.05, 4.69) is 20.0 Å². The van der Waals surface area contributed by atoms with Crippen molar-refractivity contribution in [1.29, 1.82) is 0 Å². The Bertz CT molecular complexity index is 1160. The van der Waals surface area contributed by atoms with Crippen molar-refractivity contribution in [3.63, 3.8) is 0 Å². The number of rotatable bonds is 5. The molecule has 0 N–H and O–H groups in total. The number of halogens is 1. The number of hydrogen-bond donors (Lipinski definition) is 0. The average molecular weight is 366 g/mol. The normalized spacial score (nSPS) is 11.7. The van der Waals surface area contributed by atoms with E-state index in [-0.39, 0.29) is 11.4 Å². The van der Waals surface area contributed by atoms with Crippen LogP contribution in [0.15, 0.2) is 47.7 Å². The van der Waals surface area contributed by atoms with Gasteiger partial charge in [-0.15, -0.1) is 0 Å². The van der Waals surface area contributed by atoms with Crippen LogP contribution in [0.4, 0.5) is 4.39 Å². The maximum atomic E-state index is 13.4. The van der Waals surface area contributed by atoms with E-state index in [0.717, 1.165) is 13.0 Å². The Kier molecular flexibility index (Phi) is 4.41. The maximum Gasteiger partial charge on any atom is 0.262 e. The molecule has 0 radical (unpaired) electrons. The van der Waals surface area contributed by atoms with E-state index in [0.29, 0.717) is 34.5 Å². The summed E-state index contributed by atoms with van der Waals surface area (Å²) in [6.45, 7) is 1.49. The molecule has 0 unspecified atom stereocenters. The van der Waals surface area contributed by atoms with Crippen molar-refractivity contribution in [3.8, 4) is 11.3 Å². The Morgan fingerprint density at radius 3 is 2.67 bits per heavy atom. The molecular weight excluding hydrogens is 347 g/mol. The zero-order valence-corrected chi connectivity index (χ0v) is 15.1. The molecule has 27 heavy (non-hydrogen) atoms. The molecule has 0 aliphatic heterocycles. The highest BCUT2D eigenvalue weighted by Gasteiger charge is 2.17. The van der Waals surface area contributed by atoms with Gasteiger partial charge in [-0.2, -0.15) is 14.6 Å². The molecule has 0 saturated carbocycles. The molecule has 7 nitrogen and oxygen atoms in total. The van der Waals surface area contributed by atoms with E-state index in [4.69, 9.17) is 0 Å². The fourth-order valence-corrected chi connectivity index (χ4v) is 3.17. The van der Waals surface area contributed by atoms with Crippen LogP contribution in [0.1, 0.15) is 6.42 Å². The van der Waals surface area contributed by atoms with Gasteiger partial charge in [0.25, 0.3) is 11.3 Å². The van der Waals surface area contributed by atoms with Crippen LogP contribution in [0.2, 0.25) is 0 Å². The Morgan fingerprint density at radius 1 is 1.15 bits per heavy atom. The molecule has 0 amide bonds. The van der Waals surface area contributed by atoms with Gasteiger partial charge in [0, 0.05) is 18.3 Å². The molecule has 0 spiro atoms. The SMILES string of the molecule is CN(C)CCCn1ccc2nc3ncnn3c(-c3ccc(F)cc3)c2c1=O. The maximum absolute atomic E-state index is 13.4. The average Bonchev–Trinajstić information content (AvgIpc) is 3.11. The number of aromatic nitrogens is 5. The van der Waals surface area contributed by atoms with Crippen molar-refractivity contribution in [2.24, 2.45) is 0 Å². The van der Waals surface area contributed by atoms with Crippen LogP contribution in [0.25, 0.3) is 27.9 Å². The molecule has 0 saturated heterocycles. The summed E-state index contributed by atoms with van der Waals surface area (Å²) in [7, 11) is 4.00. The first-order valence-corrected chi connectivity index (χ1v) is 8.68. The summed E-state index contributed by atoms with van der Waals surface area (Å²) >= 11 is 0. The summed E-state index contributed by atoms with van der Waals surface area (Å²) in [5, 5.41) is 4.67. The van der Waals surface area contributed by atoms with E-state index >= 15 is 0 Å². The van der Waals surface area contributed by atoms with E-state index < -0.39 is 0 Å². The minimum atomic E-state index is -0.340. The molecule has 4 aromatic rings. The highest BCUT2D eigenvalue weighted by atomic mass is 19.1. The van der Waals surface area contributed by atoms with Crippen molar-refractivity contribution in [1.82, 2.24) is 29.0 Å². The van der Waals surface area contributed by atoms with Gasteiger partial charge in [-0.05, 0) is 57.4 Å². The van der Waals surface area contributed by atoms with Crippen LogP contribution in [0.3, 0.4) is 0 Å². The first-order chi connectivity index (χ1) is 13.0. The predicted molar refractivity (Wildman–Crippen MR) is 101 cm³/mol. The van der Waals surface area contributed by atoms with Gasteiger partial charge in [-0.25, -0.2) is 9.37 Å². The Hall–Kier alpha value is -3.13. The van der Waals surface area contributed by atoms with Crippen LogP contribution in [0.5, 0.6) is 0 Å². The first kappa shape index (κ1) is 17.3. The van der Waals surface area contributed by atoms with Gasteiger partial charge >= 0.3 is 0 Å². The van der Waals surface area contributed by atoms with Gasteiger partial charge in [0.2, 0.25) is 0 Å². The molecule has 0 aliphatic rings. The number of nitrogens with zero attached hydrogens (tertiary/aromatic N) is 6. The molecule has 138 valence electrons. The van der Waals surface area contributed by atoms with E-state index in [1.165, 1.54) is 23.0 Å². The summed E-state index contributed by atoms with van der Waals surface area (Å²) < 4.78 is 16.6.